The van der Waals surface area contributed by atoms with E-state index in [0.717, 1.165) is 64.0 Å². The molecular weight excluding hydrogens is 458 g/mol. The molecule has 3 heterocycles. The average molecular weight is 490 g/mol. The van der Waals surface area contributed by atoms with Crippen molar-refractivity contribution in [3.63, 3.8) is 0 Å². The van der Waals surface area contributed by atoms with Crippen LogP contribution in [0.15, 0.2) is 24.4 Å². The fraction of sp³-hybridized carbons (Fsp3) is 0.577. The van der Waals surface area contributed by atoms with Gasteiger partial charge in [0.1, 0.15) is 18.1 Å². The molecule has 2 aromatic heterocycles. The number of aromatic nitrogens is 3. The quantitative estimate of drug-likeness (QED) is 0.544. The van der Waals surface area contributed by atoms with Gasteiger partial charge in [0.2, 0.25) is 0 Å². The number of ether oxygens (including phenoxy) is 2. The van der Waals surface area contributed by atoms with Crippen LogP contribution in [0.4, 0.5) is 11.6 Å². The minimum Gasteiger partial charge on any atom is -0.489 e. The smallest absolute Gasteiger partial charge is 0.319 e. The fourth-order valence-corrected chi connectivity index (χ4v) is 5.40. The second-order valence-corrected chi connectivity index (χ2v) is 10.9. The second-order valence-electron chi connectivity index (χ2n) is 10.9. The van der Waals surface area contributed by atoms with E-state index in [1.807, 2.05) is 12.1 Å². The Balaban J connectivity index is 1.12. The molecule has 1 amide bonds. The van der Waals surface area contributed by atoms with Crippen LogP contribution in [0.25, 0.3) is 0 Å². The number of anilines is 2. The molecule has 10 heteroatoms. The molecule has 0 spiro atoms. The van der Waals surface area contributed by atoms with Gasteiger partial charge in [0.05, 0.1) is 18.1 Å². The molecule has 5 fully saturated rings. The fourth-order valence-electron chi connectivity index (χ4n) is 5.40. The van der Waals surface area contributed by atoms with E-state index in [4.69, 9.17) is 15.2 Å². The van der Waals surface area contributed by atoms with Crippen LogP contribution < -0.4 is 25.4 Å². The van der Waals surface area contributed by atoms with Gasteiger partial charge in [-0.1, -0.05) is 0 Å². The molecule has 2 bridgehead atoms. The molecule has 188 valence electrons. The number of nitrogen functional groups attached to an aromatic ring is 1. The monoisotopic (exact) mass is 489 g/mol. The third-order valence-corrected chi connectivity index (χ3v) is 8.12. The van der Waals surface area contributed by atoms with Crippen LogP contribution in [0.5, 0.6) is 11.8 Å². The number of pyridine rings is 1. The first kappa shape index (κ1) is 22.8. The molecular formula is C26H31N7O3. The number of nitrogens with zero attached hydrogens (tertiary/aromatic N) is 5. The first-order valence-electron chi connectivity index (χ1n) is 12.8. The van der Waals surface area contributed by atoms with Crippen molar-refractivity contribution in [1.82, 2.24) is 20.3 Å². The number of hydrogen-bond donors (Lipinski definition) is 2. The first-order chi connectivity index (χ1) is 17.4. The third-order valence-electron chi connectivity index (χ3n) is 8.12. The first-order valence-corrected chi connectivity index (χ1v) is 12.8. The Morgan fingerprint density at radius 3 is 2.64 bits per heavy atom. The van der Waals surface area contributed by atoms with Gasteiger partial charge in [-0.05, 0) is 68.9 Å². The second kappa shape index (κ2) is 8.80. The molecule has 36 heavy (non-hydrogen) atoms. The molecule has 0 atom stereocenters. The van der Waals surface area contributed by atoms with Crippen molar-refractivity contribution in [1.29, 1.82) is 5.26 Å². The Kier molecular flexibility index (Phi) is 5.58. The summed E-state index contributed by atoms with van der Waals surface area (Å²) in [6, 6.07) is 7.89. The Hall–Kier alpha value is -3.61. The predicted molar refractivity (Wildman–Crippen MR) is 131 cm³/mol. The van der Waals surface area contributed by atoms with E-state index >= 15 is 0 Å². The van der Waals surface area contributed by atoms with Crippen molar-refractivity contribution in [3.05, 3.63) is 30.1 Å². The van der Waals surface area contributed by atoms with Crippen molar-refractivity contribution in [2.45, 2.75) is 50.5 Å². The maximum Gasteiger partial charge on any atom is 0.319 e. The van der Waals surface area contributed by atoms with Crippen LogP contribution in [-0.2, 0) is 0 Å². The topological polar surface area (TPSA) is 139 Å². The summed E-state index contributed by atoms with van der Waals surface area (Å²) in [5.74, 6) is 2.67. The molecule has 0 radical (unpaired) electrons. The van der Waals surface area contributed by atoms with E-state index in [1.54, 1.807) is 12.3 Å². The van der Waals surface area contributed by atoms with Crippen molar-refractivity contribution in [2.75, 3.05) is 36.9 Å². The van der Waals surface area contributed by atoms with Gasteiger partial charge in [-0.15, -0.1) is 0 Å². The largest absolute Gasteiger partial charge is 0.489 e. The number of rotatable bonds is 9. The van der Waals surface area contributed by atoms with Gasteiger partial charge in [0.25, 0.3) is 5.91 Å². The predicted octanol–water partition coefficient (Wildman–Crippen LogP) is 2.71. The summed E-state index contributed by atoms with van der Waals surface area (Å²) in [6.07, 6.45) is 8.31. The number of piperidine rings is 1. The average Bonchev–Trinajstić information content (AvgIpc) is 3.64. The van der Waals surface area contributed by atoms with E-state index in [9.17, 15) is 10.1 Å². The molecule has 2 aromatic rings. The van der Waals surface area contributed by atoms with Crippen LogP contribution >= 0.6 is 0 Å². The molecule has 4 saturated carbocycles. The third kappa shape index (κ3) is 4.50. The van der Waals surface area contributed by atoms with E-state index < -0.39 is 5.41 Å². The number of hydrogen-bond acceptors (Lipinski definition) is 9. The number of carbonyl (C=O) groups is 1. The van der Waals surface area contributed by atoms with Crippen molar-refractivity contribution in [2.24, 2.45) is 17.3 Å². The number of nitrogens with two attached hydrogens (primary N) is 1. The molecule has 10 nitrogen and oxygen atoms in total. The van der Waals surface area contributed by atoms with E-state index in [2.05, 4.69) is 31.2 Å². The van der Waals surface area contributed by atoms with Gasteiger partial charge >= 0.3 is 6.01 Å². The zero-order chi connectivity index (χ0) is 24.8. The molecule has 4 aliphatic carbocycles. The van der Waals surface area contributed by atoms with E-state index in [1.165, 1.54) is 0 Å². The van der Waals surface area contributed by atoms with Gasteiger partial charge in [-0.2, -0.15) is 15.2 Å². The van der Waals surface area contributed by atoms with Crippen molar-refractivity contribution in [3.8, 4) is 17.8 Å². The summed E-state index contributed by atoms with van der Waals surface area (Å²) in [5, 5.41) is 12.6. The molecule has 1 saturated heterocycles. The highest BCUT2D eigenvalue weighted by atomic mass is 16.5. The standard InChI is InChI=1S/C26H31N7O3/c27-15-25(5-6-25)16-36-24-30-19(23(34)32-26-11-18(12-26)13-26)10-21(31-24)33-8-3-17(4-9-33)14-35-20-2-1-7-29-22(20)28/h1-2,7,10,17-18H,3-6,8-9,11-14,16H2,(H2,28,29)(H,32,34). The Morgan fingerprint density at radius 2 is 2.00 bits per heavy atom. The minimum absolute atomic E-state index is 0.0389. The summed E-state index contributed by atoms with van der Waals surface area (Å²) < 4.78 is 11.8. The maximum absolute atomic E-state index is 13.1. The van der Waals surface area contributed by atoms with Crippen LogP contribution in [-0.4, -0.2) is 52.7 Å². The van der Waals surface area contributed by atoms with Gasteiger partial charge < -0.3 is 25.4 Å². The number of carbonyl (C=O) groups excluding carboxylic acids is 1. The van der Waals surface area contributed by atoms with Gasteiger partial charge in [-0.25, -0.2) is 4.98 Å². The normalized spacial score (nSPS) is 25.6. The van der Waals surface area contributed by atoms with Crippen LogP contribution in [0, 0.1) is 28.6 Å². The van der Waals surface area contributed by atoms with Gasteiger partial charge in [0, 0.05) is 30.9 Å². The highest BCUT2D eigenvalue weighted by Gasteiger charge is 2.57. The summed E-state index contributed by atoms with van der Waals surface area (Å²) in [5.41, 5.74) is 5.72. The maximum atomic E-state index is 13.1. The zero-order valence-corrected chi connectivity index (χ0v) is 20.3. The van der Waals surface area contributed by atoms with E-state index in [-0.39, 0.29) is 24.1 Å². The van der Waals surface area contributed by atoms with Gasteiger partial charge in [-0.3, -0.25) is 4.79 Å². The summed E-state index contributed by atoms with van der Waals surface area (Å²) in [6.45, 7) is 2.38. The summed E-state index contributed by atoms with van der Waals surface area (Å²) in [7, 11) is 0. The number of amides is 1. The number of nitriles is 1. The zero-order valence-electron chi connectivity index (χ0n) is 20.3. The lowest BCUT2D eigenvalue weighted by atomic mass is 9.50. The van der Waals surface area contributed by atoms with E-state index in [0.29, 0.717) is 35.6 Å². The summed E-state index contributed by atoms with van der Waals surface area (Å²) >= 11 is 0. The molecule has 5 aliphatic rings. The highest BCUT2D eigenvalue weighted by Crippen LogP contribution is 2.57. The molecule has 0 aromatic carbocycles. The molecule has 1 aliphatic heterocycles. The van der Waals surface area contributed by atoms with Crippen molar-refractivity contribution >= 4 is 17.5 Å². The lowest BCUT2D eigenvalue weighted by Gasteiger charge is -2.61. The number of nitrogens with one attached hydrogen (secondary N) is 1. The molecule has 0 unspecified atom stereocenters. The lowest BCUT2D eigenvalue weighted by molar-refractivity contribution is -0.0439. The van der Waals surface area contributed by atoms with Gasteiger partial charge in [0.15, 0.2) is 11.6 Å². The van der Waals surface area contributed by atoms with Crippen LogP contribution in [0.1, 0.15) is 55.4 Å². The molecule has 7 rings (SSSR count). The SMILES string of the molecule is N#CC1(COc2nc(C(=O)NC34CC(C3)C4)cc(N3CCC(COc4cccnc4N)CC3)n2)CC1. The Bertz CT molecular complexity index is 1180. The van der Waals surface area contributed by atoms with Crippen molar-refractivity contribution < 1.29 is 14.3 Å². The van der Waals surface area contributed by atoms with Crippen LogP contribution in [0.2, 0.25) is 0 Å². The Morgan fingerprint density at radius 1 is 1.22 bits per heavy atom. The molecule has 3 N–H and O–H groups in total. The van der Waals surface area contributed by atoms with Crippen LogP contribution in [0.3, 0.4) is 0 Å². The minimum atomic E-state index is -0.441. The highest BCUT2D eigenvalue weighted by molar-refractivity contribution is 5.94. The summed E-state index contributed by atoms with van der Waals surface area (Å²) in [4.78, 5) is 28.3. The Labute approximate surface area is 210 Å². The lowest BCUT2D eigenvalue weighted by Crippen LogP contribution is -2.68.